The lowest BCUT2D eigenvalue weighted by Gasteiger charge is -2.29. The number of carboxylic acid groups (broad SMARTS) is 1. The van der Waals surface area contributed by atoms with Crippen LogP contribution >= 0.6 is 0 Å². The van der Waals surface area contributed by atoms with Crippen LogP contribution < -0.4 is 0 Å². The molecule has 2 unspecified atom stereocenters. The summed E-state index contributed by atoms with van der Waals surface area (Å²) in [7, 11) is 0. The van der Waals surface area contributed by atoms with Gasteiger partial charge in [0.15, 0.2) is 0 Å². The summed E-state index contributed by atoms with van der Waals surface area (Å²) in [4.78, 5) is 24.9. The van der Waals surface area contributed by atoms with Crippen molar-refractivity contribution in [3.8, 4) is 11.8 Å². The zero-order valence-corrected chi connectivity index (χ0v) is 16.5. The maximum Gasteiger partial charge on any atom is 0.303 e. The van der Waals surface area contributed by atoms with E-state index in [1.165, 1.54) is 0 Å². The lowest BCUT2D eigenvalue weighted by Crippen LogP contribution is -2.39. The Kier molecular flexibility index (Phi) is 9.57. The Labute approximate surface area is 167 Å². The summed E-state index contributed by atoms with van der Waals surface area (Å²) in [6, 6.07) is 10.1. The van der Waals surface area contributed by atoms with Crippen LogP contribution in [0, 0.1) is 11.8 Å². The first-order chi connectivity index (χ1) is 13.6. The van der Waals surface area contributed by atoms with Gasteiger partial charge in [0.05, 0.1) is 12.6 Å². The van der Waals surface area contributed by atoms with Crippen molar-refractivity contribution >= 4 is 11.9 Å². The average molecular weight is 386 g/mol. The summed E-state index contributed by atoms with van der Waals surface area (Å²) in [6.45, 7) is 0.394. The van der Waals surface area contributed by atoms with Crippen LogP contribution in [-0.2, 0) is 16.0 Å². The van der Waals surface area contributed by atoms with E-state index in [0.29, 0.717) is 38.6 Å². The second kappa shape index (κ2) is 12.2. The summed E-state index contributed by atoms with van der Waals surface area (Å²) in [5.41, 5.74) is 1.12. The van der Waals surface area contributed by atoms with Gasteiger partial charge < -0.3 is 15.1 Å². The van der Waals surface area contributed by atoms with E-state index in [0.717, 1.165) is 31.2 Å². The van der Waals surface area contributed by atoms with Gasteiger partial charge in [-0.3, -0.25) is 9.59 Å². The largest absolute Gasteiger partial charge is 0.481 e. The number of hydrogen-bond acceptors (Lipinski definition) is 3. The number of carbonyl (C=O) groups excluding carboxylic acids is 1. The van der Waals surface area contributed by atoms with Gasteiger partial charge in [-0.15, -0.1) is 5.92 Å². The number of benzene rings is 1. The van der Waals surface area contributed by atoms with E-state index >= 15 is 0 Å². The van der Waals surface area contributed by atoms with Crippen LogP contribution in [0.1, 0.15) is 63.4 Å². The lowest BCUT2D eigenvalue weighted by molar-refractivity contribution is -0.137. The van der Waals surface area contributed by atoms with Crippen LogP contribution in [0.3, 0.4) is 0 Å². The van der Waals surface area contributed by atoms with E-state index in [2.05, 4.69) is 11.8 Å². The van der Waals surface area contributed by atoms with E-state index in [1.807, 2.05) is 35.2 Å². The Morgan fingerprint density at radius 1 is 1.21 bits per heavy atom. The van der Waals surface area contributed by atoms with Gasteiger partial charge in [0.1, 0.15) is 0 Å². The maximum absolute atomic E-state index is 12.5. The van der Waals surface area contributed by atoms with E-state index in [-0.39, 0.29) is 18.4 Å². The average Bonchev–Trinajstić information content (AvgIpc) is 2.85. The third-order valence-electron chi connectivity index (χ3n) is 5.15. The van der Waals surface area contributed by atoms with Crippen LogP contribution in [0.15, 0.2) is 30.3 Å². The first-order valence-corrected chi connectivity index (χ1v) is 10.2. The molecule has 0 aromatic heterocycles. The SMILES string of the molecule is O=C(O)CCCC#CCN1C(=O)CCCCC1CCC(O)Cc1ccccc1. The van der Waals surface area contributed by atoms with Gasteiger partial charge in [-0.2, -0.15) is 0 Å². The molecule has 1 heterocycles. The molecule has 0 bridgehead atoms. The van der Waals surface area contributed by atoms with E-state index in [9.17, 15) is 14.7 Å². The molecule has 1 aliphatic rings. The monoisotopic (exact) mass is 385 g/mol. The third-order valence-corrected chi connectivity index (χ3v) is 5.15. The second-order valence-electron chi connectivity index (χ2n) is 7.44. The molecule has 0 saturated carbocycles. The predicted octanol–water partition coefficient (Wildman–Crippen LogP) is 3.40. The number of carboxylic acids is 1. The number of hydrogen-bond donors (Lipinski definition) is 2. The molecule has 1 amide bonds. The van der Waals surface area contributed by atoms with Crippen LogP contribution in [-0.4, -0.2) is 45.7 Å². The Balaban J connectivity index is 1.85. The molecule has 1 aromatic rings. The van der Waals surface area contributed by atoms with Crippen LogP contribution in [0.2, 0.25) is 0 Å². The molecule has 2 atom stereocenters. The highest BCUT2D eigenvalue weighted by Gasteiger charge is 2.26. The van der Waals surface area contributed by atoms with E-state index in [1.54, 1.807) is 0 Å². The number of carbonyl (C=O) groups is 2. The van der Waals surface area contributed by atoms with Gasteiger partial charge >= 0.3 is 5.97 Å². The number of rotatable bonds is 9. The zero-order chi connectivity index (χ0) is 20.2. The Hall–Kier alpha value is -2.32. The minimum atomic E-state index is -0.807. The first kappa shape index (κ1) is 22.0. The molecular weight excluding hydrogens is 354 g/mol. The van der Waals surface area contributed by atoms with Gasteiger partial charge in [0, 0.05) is 25.3 Å². The van der Waals surface area contributed by atoms with Crippen molar-refractivity contribution in [3.63, 3.8) is 0 Å². The normalized spacial score (nSPS) is 18.1. The highest BCUT2D eigenvalue weighted by molar-refractivity contribution is 5.77. The topological polar surface area (TPSA) is 77.8 Å². The fourth-order valence-electron chi connectivity index (χ4n) is 3.61. The number of likely N-dealkylation sites (tertiary alicyclic amines) is 1. The van der Waals surface area contributed by atoms with Gasteiger partial charge in [-0.25, -0.2) is 0 Å². The van der Waals surface area contributed by atoms with Crippen LogP contribution in [0.25, 0.3) is 0 Å². The molecule has 1 fully saturated rings. The van der Waals surface area contributed by atoms with Crippen molar-refractivity contribution in [2.24, 2.45) is 0 Å². The number of amides is 1. The highest BCUT2D eigenvalue weighted by atomic mass is 16.4. The molecule has 0 radical (unpaired) electrons. The van der Waals surface area contributed by atoms with Crippen LogP contribution in [0.4, 0.5) is 0 Å². The second-order valence-corrected chi connectivity index (χ2v) is 7.44. The van der Waals surface area contributed by atoms with Crippen molar-refractivity contribution in [2.45, 2.75) is 76.4 Å². The number of aliphatic hydroxyl groups excluding tert-OH is 1. The summed E-state index contributed by atoms with van der Waals surface area (Å²) in [5, 5.41) is 19.0. The fourth-order valence-corrected chi connectivity index (χ4v) is 3.61. The predicted molar refractivity (Wildman–Crippen MR) is 109 cm³/mol. The molecule has 28 heavy (non-hydrogen) atoms. The molecule has 0 spiro atoms. The van der Waals surface area contributed by atoms with Crippen molar-refractivity contribution in [3.05, 3.63) is 35.9 Å². The molecule has 1 saturated heterocycles. The van der Waals surface area contributed by atoms with Gasteiger partial charge in [-0.1, -0.05) is 42.7 Å². The molecule has 1 aliphatic heterocycles. The number of aliphatic carboxylic acids is 1. The minimum Gasteiger partial charge on any atom is -0.481 e. The van der Waals surface area contributed by atoms with E-state index < -0.39 is 12.1 Å². The third kappa shape index (κ3) is 8.14. The Morgan fingerprint density at radius 2 is 2.00 bits per heavy atom. The Morgan fingerprint density at radius 3 is 2.75 bits per heavy atom. The number of unbranched alkanes of at least 4 members (excludes halogenated alkanes) is 1. The Bertz CT molecular complexity index is 677. The summed E-state index contributed by atoms with van der Waals surface area (Å²) >= 11 is 0. The number of nitrogens with zero attached hydrogens (tertiary/aromatic N) is 1. The molecule has 5 heteroatoms. The van der Waals surface area contributed by atoms with E-state index in [4.69, 9.17) is 5.11 Å². The smallest absolute Gasteiger partial charge is 0.303 e. The number of aliphatic hydroxyl groups is 1. The fraction of sp³-hybridized carbons (Fsp3) is 0.565. The summed E-state index contributed by atoms with van der Waals surface area (Å²) < 4.78 is 0. The molecule has 1 aromatic carbocycles. The van der Waals surface area contributed by atoms with Crippen molar-refractivity contribution in [1.82, 2.24) is 4.90 Å². The molecule has 0 aliphatic carbocycles. The molecule has 2 rings (SSSR count). The zero-order valence-electron chi connectivity index (χ0n) is 16.5. The van der Waals surface area contributed by atoms with Gasteiger partial charge in [0.25, 0.3) is 0 Å². The molecule has 5 nitrogen and oxygen atoms in total. The summed E-state index contributed by atoms with van der Waals surface area (Å²) in [5.74, 6) is 5.37. The molecule has 152 valence electrons. The van der Waals surface area contributed by atoms with Crippen molar-refractivity contribution < 1.29 is 19.8 Å². The van der Waals surface area contributed by atoms with Crippen molar-refractivity contribution in [1.29, 1.82) is 0 Å². The summed E-state index contributed by atoms with van der Waals surface area (Å²) in [6.07, 6.45) is 6.29. The standard InChI is InChI=1S/C23H31NO4/c25-21(18-19-10-4-3-5-11-19)16-15-20-12-7-8-13-22(26)24(20)17-9-2-1-6-14-23(27)28/h3-5,10-11,20-21,25H,1,6-8,12-18H2,(H,27,28). The molecule has 2 N–H and O–H groups in total. The first-order valence-electron chi connectivity index (χ1n) is 10.2. The van der Waals surface area contributed by atoms with Gasteiger partial charge in [-0.05, 0) is 44.1 Å². The lowest BCUT2D eigenvalue weighted by atomic mass is 9.98. The van der Waals surface area contributed by atoms with Crippen molar-refractivity contribution in [2.75, 3.05) is 6.54 Å². The van der Waals surface area contributed by atoms with Crippen LogP contribution in [0.5, 0.6) is 0 Å². The van der Waals surface area contributed by atoms with Gasteiger partial charge in [0.2, 0.25) is 5.91 Å². The minimum absolute atomic E-state index is 0.119. The maximum atomic E-state index is 12.5. The highest BCUT2D eigenvalue weighted by Crippen LogP contribution is 2.22. The molecular formula is C23H31NO4. The quantitative estimate of drug-likeness (QED) is 0.504.